The molecule has 0 aliphatic rings. The van der Waals surface area contributed by atoms with Gasteiger partial charge in [0.25, 0.3) is 5.82 Å². The lowest BCUT2D eigenvalue weighted by atomic mass is 10.2. The summed E-state index contributed by atoms with van der Waals surface area (Å²) < 4.78 is 16.2. The fraction of sp³-hybridized carbons (Fsp3) is 0.250. The molecule has 0 spiro atoms. The van der Waals surface area contributed by atoms with Crippen molar-refractivity contribution in [1.29, 1.82) is 0 Å². The Kier molecular flexibility index (Phi) is 6.68. The van der Waals surface area contributed by atoms with Crippen molar-refractivity contribution in [2.45, 2.75) is 26.4 Å². The average Bonchev–Trinajstić information content (AvgIpc) is 3.16. The maximum atomic E-state index is 12.2. The highest BCUT2D eigenvalue weighted by molar-refractivity contribution is 5.86. The number of aromatic nitrogens is 1. The summed E-state index contributed by atoms with van der Waals surface area (Å²) in [7, 11) is 3.02. The van der Waals surface area contributed by atoms with Gasteiger partial charge in [0.05, 0.1) is 7.11 Å². The number of ether oxygens (including phenoxy) is 2. The van der Waals surface area contributed by atoms with E-state index >= 15 is 0 Å². The Morgan fingerprint density at radius 3 is 2.67 bits per heavy atom. The van der Waals surface area contributed by atoms with E-state index in [9.17, 15) is 14.9 Å². The van der Waals surface area contributed by atoms with Crippen LogP contribution in [0, 0.1) is 22.0 Å². The Labute approximate surface area is 190 Å². The van der Waals surface area contributed by atoms with E-state index in [0.717, 1.165) is 16.0 Å². The van der Waals surface area contributed by atoms with E-state index in [4.69, 9.17) is 13.9 Å². The summed E-state index contributed by atoms with van der Waals surface area (Å²) >= 11 is 0. The van der Waals surface area contributed by atoms with Crippen molar-refractivity contribution >= 4 is 34.8 Å². The Morgan fingerprint density at radius 1 is 1.24 bits per heavy atom. The number of fused-ring (bicyclic) bond motifs is 1. The molecule has 0 saturated carbocycles. The fourth-order valence-electron chi connectivity index (χ4n) is 2.78. The third kappa shape index (κ3) is 5.89. The molecule has 0 aliphatic heterocycles. The number of pyridine rings is 1. The normalized spacial score (nSPS) is 11.2. The average molecular weight is 449 g/mol. The van der Waals surface area contributed by atoms with Crippen molar-refractivity contribution in [3.63, 3.8) is 0 Å². The quantitative estimate of drug-likeness (QED) is 0.307. The van der Waals surface area contributed by atoms with Gasteiger partial charge >= 0.3 is 11.9 Å². The molecule has 1 aromatic carbocycles. The zero-order chi connectivity index (χ0) is 24.2. The maximum absolute atomic E-state index is 12.2. The Bertz CT molecular complexity index is 1290. The number of nitrogens with zero attached hydrogens (tertiary/aromatic N) is 3. The smallest absolute Gasteiger partial charge is 0.417 e. The van der Waals surface area contributed by atoms with Crippen LogP contribution >= 0.6 is 0 Å². The van der Waals surface area contributed by atoms with E-state index < -0.39 is 22.4 Å². The lowest BCUT2D eigenvalue weighted by Crippen LogP contribution is -2.34. The SMILES string of the molecule is COc1ccc2oc(/C=C/C#Cc3ccc(N(C)C(=O)OC(C)(C)C)nc3[N+](=O)[O-])cc2c1. The largest absolute Gasteiger partial charge is 0.497 e. The lowest BCUT2D eigenvalue weighted by molar-refractivity contribution is -0.389. The minimum absolute atomic E-state index is 0.0785. The number of allylic oxidation sites excluding steroid dienone is 1. The van der Waals surface area contributed by atoms with Gasteiger partial charge in [0.15, 0.2) is 0 Å². The number of hydrogen-bond acceptors (Lipinski definition) is 7. The van der Waals surface area contributed by atoms with Crippen LogP contribution in [0.25, 0.3) is 17.0 Å². The molecule has 0 bridgehead atoms. The molecule has 0 unspecified atom stereocenters. The molecule has 0 saturated heterocycles. The molecule has 9 heteroatoms. The second kappa shape index (κ2) is 9.44. The zero-order valence-corrected chi connectivity index (χ0v) is 18.9. The van der Waals surface area contributed by atoms with Gasteiger partial charge in [0.2, 0.25) is 0 Å². The van der Waals surface area contributed by atoms with Crippen LogP contribution in [0.4, 0.5) is 16.4 Å². The highest BCUT2D eigenvalue weighted by Crippen LogP contribution is 2.25. The van der Waals surface area contributed by atoms with Crippen LogP contribution in [0.2, 0.25) is 0 Å². The lowest BCUT2D eigenvalue weighted by Gasteiger charge is -2.22. The summed E-state index contributed by atoms with van der Waals surface area (Å²) in [6.45, 7) is 5.18. The van der Waals surface area contributed by atoms with E-state index in [1.165, 1.54) is 25.3 Å². The minimum atomic E-state index is -0.707. The van der Waals surface area contributed by atoms with Crippen LogP contribution in [0.3, 0.4) is 0 Å². The van der Waals surface area contributed by atoms with Crippen LogP contribution in [-0.2, 0) is 4.74 Å². The minimum Gasteiger partial charge on any atom is -0.497 e. The monoisotopic (exact) mass is 449 g/mol. The topological polar surface area (TPSA) is 108 Å². The second-order valence-corrected chi connectivity index (χ2v) is 7.99. The van der Waals surface area contributed by atoms with Crippen molar-refractivity contribution in [3.8, 4) is 17.6 Å². The molecule has 1 amide bonds. The number of rotatable bonds is 4. The van der Waals surface area contributed by atoms with Gasteiger partial charge in [-0.15, -0.1) is 0 Å². The standard InChI is InChI=1S/C24H23N3O6/c1-24(2,3)33-23(28)26(4)21-13-10-16(22(25-21)27(29)30)8-6-7-9-19-15-17-14-18(31-5)11-12-20(17)32-19/h7,9-15H,1-5H3/b9-7+. The van der Waals surface area contributed by atoms with Gasteiger partial charge in [-0.05, 0) is 73.2 Å². The van der Waals surface area contributed by atoms with Crippen LogP contribution in [-0.4, -0.2) is 35.8 Å². The van der Waals surface area contributed by atoms with Gasteiger partial charge in [-0.25, -0.2) is 9.69 Å². The second-order valence-electron chi connectivity index (χ2n) is 7.99. The summed E-state index contributed by atoms with van der Waals surface area (Å²) in [4.78, 5) is 28.1. The van der Waals surface area contributed by atoms with Crippen molar-refractivity contribution in [3.05, 3.63) is 63.9 Å². The van der Waals surface area contributed by atoms with Crippen LogP contribution in [0.15, 0.2) is 46.9 Å². The summed E-state index contributed by atoms with van der Waals surface area (Å²) in [6, 6.07) is 10.2. The number of methoxy groups -OCH3 is 1. The van der Waals surface area contributed by atoms with Gasteiger partial charge in [0, 0.05) is 18.5 Å². The van der Waals surface area contributed by atoms with E-state index in [1.807, 2.05) is 18.2 Å². The Balaban J connectivity index is 1.80. The molecule has 0 N–H and O–H groups in total. The number of nitro groups is 1. The van der Waals surface area contributed by atoms with Crippen molar-refractivity contribution in [2.24, 2.45) is 0 Å². The molecule has 170 valence electrons. The van der Waals surface area contributed by atoms with E-state index in [2.05, 4.69) is 16.8 Å². The fourth-order valence-corrected chi connectivity index (χ4v) is 2.78. The Hall–Kier alpha value is -4.32. The number of furan rings is 1. The first-order chi connectivity index (χ1) is 15.6. The van der Waals surface area contributed by atoms with E-state index in [0.29, 0.717) is 11.3 Å². The molecule has 0 fully saturated rings. The van der Waals surface area contributed by atoms with Crippen molar-refractivity contribution in [2.75, 3.05) is 19.1 Å². The summed E-state index contributed by atoms with van der Waals surface area (Å²) in [5.74, 6) is 6.38. The van der Waals surface area contributed by atoms with Crippen molar-refractivity contribution in [1.82, 2.24) is 4.98 Å². The summed E-state index contributed by atoms with van der Waals surface area (Å²) in [5.41, 5.74) is 0.106. The molecule has 3 aromatic rings. The predicted octanol–water partition coefficient (Wildman–Crippen LogP) is 5.18. The van der Waals surface area contributed by atoms with Gasteiger partial charge < -0.3 is 24.0 Å². The first-order valence-corrected chi connectivity index (χ1v) is 9.95. The van der Waals surface area contributed by atoms with Crippen LogP contribution in [0.5, 0.6) is 5.75 Å². The number of anilines is 1. The Morgan fingerprint density at radius 2 is 2.00 bits per heavy atom. The predicted molar refractivity (Wildman–Crippen MR) is 124 cm³/mol. The highest BCUT2D eigenvalue weighted by Gasteiger charge is 2.25. The molecular weight excluding hydrogens is 426 g/mol. The van der Waals surface area contributed by atoms with Gasteiger partial charge in [-0.2, -0.15) is 0 Å². The van der Waals surface area contributed by atoms with Gasteiger partial charge in [0.1, 0.15) is 28.3 Å². The number of carbonyl (C=O) groups is 1. The molecule has 0 atom stereocenters. The van der Waals surface area contributed by atoms with Gasteiger partial charge in [-0.1, -0.05) is 11.8 Å². The number of amides is 1. The number of benzene rings is 1. The molecule has 9 nitrogen and oxygen atoms in total. The third-order valence-corrected chi connectivity index (χ3v) is 4.32. The van der Waals surface area contributed by atoms with Gasteiger partial charge in [-0.3, -0.25) is 0 Å². The van der Waals surface area contributed by atoms with E-state index in [1.54, 1.807) is 40.0 Å². The molecule has 2 heterocycles. The summed E-state index contributed by atoms with van der Waals surface area (Å²) in [5, 5.41) is 12.4. The molecule has 0 radical (unpaired) electrons. The summed E-state index contributed by atoms with van der Waals surface area (Å²) in [6.07, 6.45) is 2.51. The first kappa shape index (κ1) is 23.3. The van der Waals surface area contributed by atoms with Crippen LogP contribution < -0.4 is 9.64 Å². The van der Waals surface area contributed by atoms with Crippen molar-refractivity contribution < 1.29 is 23.6 Å². The third-order valence-electron chi connectivity index (χ3n) is 4.32. The molecule has 3 rings (SSSR count). The van der Waals surface area contributed by atoms with E-state index in [-0.39, 0.29) is 11.4 Å². The first-order valence-electron chi connectivity index (χ1n) is 9.95. The highest BCUT2D eigenvalue weighted by atomic mass is 16.6. The maximum Gasteiger partial charge on any atom is 0.417 e. The zero-order valence-electron chi connectivity index (χ0n) is 18.9. The molecule has 0 aliphatic carbocycles. The number of carbonyl (C=O) groups excluding carboxylic acids is 1. The number of hydrogen-bond donors (Lipinski definition) is 0. The molecular formula is C24H23N3O6. The molecule has 33 heavy (non-hydrogen) atoms. The molecule has 2 aromatic heterocycles. The van der Waals surface area contributed by atoms with Crippen LogP contribution in [0.1, 0.15) is 32.1 Å².